The fourth-order valence-electron chi connectivity index (χ4n) is 1.77. The smallest absolute Gasteiger partial charge is 0.272 e. The number of sulfonamides is 1. The molecule has 2 heterocycles. The van der Waals surface area contributed by atoms with Gasteiger partial charge >= 0.3 is 0 Å². The van der Waals surface area contributed by atoms with E-state index in [0.717, 1.165) is 11.3 Å². The van der Waals surface area contributed by atoms with Crippen LogP contribution in [0.2, 0.25) is 0 Å². The van der Waals surface area contributed by atoms with Gasteiger partial charge in [-0.15, -0.1) is 10.2 Å². The van der Waals surface area contributed by atoms with Crippen molar-refractivity contribution in [3.05, 3.63) is 0 Å². The molecule has 0 atom stereocenters. The molecule has 0 bridgehead atoms. The summed E-state index contributed by atoms with van der Waals surface area (Å²) in [6, 6.07) is 0. The van der Waals surface area contributed by atoms with Gasteiger partial charge in [0.05, 0.1) is 0 Å². The number of hydrogen-bond donors (Lipinski definition) is 2. The Morgan fingerprint density at radius 3 is 2.53 bits per heavy atom. The number of aliphatic hydroxyl groups is 1. The van der Waals surface area contributed by atoms with Crippen LogP contribution < -0.4 is 5.73 Å². The third kappa shape index (κ3) is 2.57. The minimum Gasteiger partial charge on any atom is -0.396 e. The molecule has 17 heavy (non-hydrogen) atoms. The van der Waals surface area contributed by atoms with E-state index in [2.05, 4.69) is 10.2 Å². The van der Waals surface area contributed by atoms with Gasteiger partial charge in [-0.2, -0.15) is 4.31 Å². The molecule has 0 amide bonds. The van der Waals surface area contributed by atoms with Crippen LogP contribution in [0.25, 0.3) is 0 Å². The maximum atomic E-state index is 12.1. The van der Waals surface area contributed by atoms with Gasteiger partial charge in [0, 0.05) is 19.7 Å². The van der Waals surface area contributed by atoms with E-state index in [0.29, 0.717) is 25.9 Å². The van der Waals surface area contributed by atoms with Crippen LogP contribution in [-0.4, -0.2) is 47.7 Å². The summed E-state index contributed by atoms with van der Waals surface area (Å²) in [5, 5.41) is 16.2. The number of aliphatic hydroxyl groups excluding tert-OH is 1. The number of anilines is 1. The van der Waals surface area contributed by atoms with Crippen molar-refractivity contribution in [2.75, 3.05) is 25.4 Å². The van der Waals surface area contributed by atoms with E-state index in [4.69, 9.17) is 10.8 Å². The standard InChI is InChI=1S/C8H14N4O3S2/c9-7-10-11-8(16-7)17(14,15)12-3-1-6(5-13)2-4-12/h6,13H,1-5H2,(H2,9,10). The number of piperidine rings is 1. The summed E-state index contributed by atoms with van der Waals surface area (Å²) in [5.74, 6) is 0.195. The zero-order valence-corrected chi connectivity index (χ0v) is 10.7. The van der Waals surface area contributed by atoms with Gasteiger partial charge in [-0.25, -0.2) is 8.42 Å². The van der Waals surface area contributed by atoms with Crippen molar-refractivity contribution in [1.29, 1.82) is 0 Å². The number of nitrogens with zero attached hydrogens (tertiary/aromatic N) is 3. The van der Waals surface area contributed by atoms with E-state index in [9.17, 15) is 8.42 Å². The molecular formula is C8H14N4O3S2. The fourth-order valence-corrected chi connectivity index (χ4v) is 4.16. The second-order valence-corrected chi connectivity index (χ2v) is 7.06. The lowest BCUT2D eigenvalue weighted by molar-refractivity contribution is 0.170. The van der Waals surface area contributed by atoms with E-state index in [-0.39, 0.29) is 22.0 Å². The number of hydrogen-bond acceptors (Lipinski definition) is 7. The largest absolute Gasteiger partial charge is 0.396 e. The van der Waals surface area contributed by atoms with Gasteiger partial charge in [-0.3, -0.25) is 0 Å². The van der Waals surface area contributed by atoms with Crippen LogP contribution in [-0.2, 0) is 10.0 Å². The minimum absolute atomic E-state index is 0.0579. The van der Waals surface area contributed by atoms with E-state index >= 15 is 0 Å². The Labute approximate surface area is 103 Å². The predicted octanol–water partition coefficient (Wildman–Crippen LogP) is -0.487. The minimum atomic E-state index is -3.56. The highest BCUT2D eigenvalue weighted by Crippen LogP contribution is 2.25. The van der Waals surface area contributed by atoms with Gasteiger partial charge in [-0.1, -0.05) is 11.3 Å². The van der Waals surface area contributed by atoms with Crippen molar-refractivity contribution in [1.82, 2.24) is 14.5 Å². The van der Waals surface area contributed by atoms with E-state index in [1.807, 2.05) is 0 Å². The average molecular weight is 278 g/mol. The molecule has 2 rings (SSSR count). The Bertz CT molecular complexity index is 479. The summed E-state index contributed by atoms with van der Waals surface area (Å²) >= 11 is 0.871. The van der Waals surface area contributed by atoms with E-state index in [1.165, 1.54) is 4.31 Å². The van der Waals surface area contributed by atoms with Crippen LogP contribution >= 0.6 is 11.3 Å². The van der Waals surface area contributed by atoms with Crippen LogP contribution in [0.15, 0.2) is 4.34 Å². The first-order valence-electron chi connectivity index (χ1n) is 5.24. The molecule has 1 aliphatic rings. The molecule has 0 saturated carbocycles. The Balaban J connectivity index is 2.12. The van der Waals surface area contributed by atoms with Gasteiger partial charge in [0.2, 0.25) is 9.47 Å². The highest BCUT2D eigenvalue weighted by Gasteiger charge is 2.31. The highest BCUT2D eigenvalue weighted by molar-refractivity contribution is 7.91. The molecule has 0 aromatic carbocycles. The molecule has 0 unspecified atom stereocenters. The van der Waals surface area contributed by atoms with Gasteiger partial charge in [-0.05, 0) is 18.8 Å². The topological polar surface area (TPSA) is 109 Å². The van der Waals surface area contributed by atoms with Crippen molar-refractivity contribution in [3.8, 4) is 0 Å². The fraction of sp³-hybridized carbons (Fsp3) is 0.750. The number of nitrogen functional groups attached to an aromatic ring is 1. The van der Waals surface area contributed by atoms with Crippen molar-refractivity contribution in [3.63, 3.8) is 0 Å². The third-order valence-corrected chi connectivity index (χ3v) is 5.81. The molecule has 1 aromatic rings. The summed E-state index contributed by atoms with van der Waals surface area (Å²) < 4.78 is 25.5. The quantitative estimate of drug-likeness (QED) is 0.772. The second kappa shape index (κ2) is 4.84. The van der Waals surface area contributed by atoms with Gasteiger partial charge in [0.15, 0.2) is 0 Å². The highest BCUT2D eigenvalue weighted by atomic mass is 32.2. The maximum absolute atomic E-state index is 12.1. The summed E-state index contributed by atoms with van der Waals surface area (Å²) in [7, 11) is -3.56. The Hall–Kier alpha value is -0.770. The first-order valence-corrected chi connectivity index (χ1v) is 7.49. The summed E-state index contributed by atoms with van der Waals surface area (Å²) in [5.41, 5.74) is 5.38. The van der Waals surface area contributed by atoms with Crippen molar-refractivity contribution in [2.45, 2.75) is 17.2 Å². The molecule has 1 aliphatic heterocycles. The average Bonchev–Trinajstić information content (AvgIpc) is 2.77. The maximum Gasteiger partial charge on any atom is 0.272 e. The molecule has 9 heteroatoms. The Morgan fingerprint density at radius 1 is 1.41 bits per heavy atom. The Kier molecular flexibility index (Phi) is 3.61. The molecule has 0 spiro atoms. The lowest BCUT2D eigenvalue weighted by atomic mass is 10.00. The molecule has 7 nitrogen and oxygen atoms in total. The normalized spacial score (nSPS) is 19.6. The van der Waals surface area contributed by atoms with E-state index in [1.54, 1.807) is 0 Å². The number of aromatic nitrogens is 2. The first kappa shape index (κ1) is 12.7. The summed E-state index contributed by atoms with van der Waals surface area (Å²) in [4.78, 5) is 0. The first-order chi connectivity index (χ1) is 8.04. The van der Waals surface area contributed by atoms with E-state index < -0.39 is 10.0 Å². The molecule has 0 radical (unpaired) electrons. The predicted molar refractivity (Wildman–Crippen MR) is 62.9 cm³/mol. The van der Waals surface area contributed by atoms with Crippen molar-refractivity contribution < 1.29 is 13.5 Å². The summed E-state index contributed by atoms with van der Waals surface area (Å²) in [6.07, 6.45) is 1.34. The molecule has 1 saturated heterocycles. The molecular weight excluding hydrogens is 264 g/mol. The van der Waals surface area contributed by atoms with Gasteiger partial charge < -0.3 is 10.8 Å². The van der Waals surface area contributed by atoms with Gasteiger partial charge in [0.25, 0.3) is 10.0 Å². The molecule has 96 valence electrons. The lowest BCUT2D eigenvalue weighted by Crippen LogP contribution is -2.39. The summed E-state index contributed by atoms with van der Waals surface area (Å²) in [6.45, 7) is 0.930. The number of rotatable bonds is 3. The molecule has 3 N–H and O–H groups in total. The van der Waals surface area contributed by atoms with Gasteiger partial charge in [0.1, 0.15) is 0 Å². The zero-order chi connectivity index (χ0) is 12.5. The second-order valence-electron chi connectivity index (χ2n) is 3.94. The zero-order valence-electron chi connectivity index (χ0n) is 9.11. The molecule has 0 aliphatic carbocycles. The number of nitrogens with two attached hydrogens (primary N) is 1. The molecule has 1 fully saturated rings. The van der Waals surface area contributed by atoms with Crippen LogP contribution in [0.3, 0.4) is 0 Å². The monoisotopic (exact) mass is 278 g/mol. The van der Waals surface area contributed by atoms with Crippen molar-refractivity contribution in [2.24, 2.45) is 5.92 Å². The third-order valence-electron chi connectivity index (χ3n) is 2.81. The van der Waals surface area contributed by atoms with Crippen LogP contribution in [0, 0.1) is 5.92 Å². The SMILES string of the molecule is Nc1nnc(S(=O)(=O)N2CCC(CO)CC2)s1. The Morgan fingerprint density at radius 2 is 2.06 bits per heavy atom. The van der Waals surface area contributed by atoms with Crippen LogP contribution in [0.4, 0.5) is 5.13 Å². The van der Waals surface area contributed by atoms with Crippen LogP contribution in [0.5, 0.6) is 0 Å². The lowest BCUT2D eigenvalue weighted by Gasteiger charge is -2.29. The van der Waals surface area contributed by atoms with Crippen LogP contribution in [0.1, 0.15) is 12.8 Å². The van der Waals surface area contributed by atoms with Crippen molar-refractivity contribution >= 4 is 26.5 Å². The molecule has 1 aromatic heterocycles.